The molecule has 16 heavy (non-hydrogen) atoms. The summed E-state index contributed by atoms with van der Waals surface area (Å²) in [6, 6.07) is 8.45. The summed E-state index contributed by atoms with van der Waals surface area (Å²) in [5.41, 5.74) is 2.47. The van der Waals surface area contributed by atoms with Crippen molar-refractivity contribution in [3.63, 3.8) is 0 Å². The molecule has 0 fully saturated rings. The first-order valence-electron chi connectivity index (χ1n) is 5.81. The minimum Gasteiger partial charge on any atom is -0.396 e. The van der Waals surface area contributed by atoms with Gasteiger partial charge in [0.2, 0.25) is 0 Å². The van der Waals surface area contributed by atoms with Crippen LogP contribution in [-0.2, 0) is 17.6 Å². The monoisotopic (exact) mass is 222 g/mol. The van der Waals surface area contributed by atoms with Crippen molar-refractivity contribution in [2.45, 2.75) is 38.7 Å². The van der Waals surface area contributed by atoms with Crippen LogP contribution in [0.1, 0.15) is 31.4 Å². The molecule has 1 aromatic carbocycles. The zero-order valence-corrected chi connectivity index (χ0v) is 10.5. The van der Waals surface area contributed by atoms with Crippen molar-refractivity contribution >= 4 is 0 Å². The normalized spacial score (nSPS) is 11.8. The van der Waals surface area contributed by atoms with Gasteiger partial charge in [-0.1, -0.05) is 24.3 Å². The Labute approximate surface area is 98.3 Å². The summed E-state index contributed by atoms with van der Waals surface area (Å²) in [5, 5.41) is 8.81. The number of hydrogen-bond acceptors (Lipinski definition) is 2. The molecule has 0 spiro atoms. The third kappa shape index (κ3) is 4.33. The van der Waals surface area contributed by atoms with Crippen LogP contribution >= 0.6 is 0 Å². The van der Waals surface area contributed by atoms with Gasteiger partial charge in [-0.15, -0.1) is 0 Å². The predicted molar refractivity (Wildman–Crippen MR) is 66.6 cm³/mol. The van der Waals surface area contributed by atoms with Gasteiger partial charge in [-0.2, -0.15) is 0 Å². The molecular weight excluding hydrogens is 200 g/mol. The molecular formula is C14H22O2. The summed E-state index contributed by atoms with van der Waals surface area (Å²) in [6.45, 7) is 4.43. The molecule has 0 aliphatic carbocycles. The lowest BCUT2D eigenvalue weighted by atomic mass is 9.98. The Morgan fingerprint density at radius 3 is 2.00 bits per heavy atom. The van der Waals surface area contributed by atoms with Gasteiger partial charge in [0, 0.05) is 13.7 Å². The molecule has 0 saturated carbocycles. The second-order valence-electron chi connectivity index (χ2n) is 4.75. The molecule has 0 heterocycles. The van der Waals surface area contributed by atoms with Gasteiger partial charge in [0.25, 0.3) is 0 Å². The lowest BCUT2D eigenvalue weighted by Crippen LogP contribution is -2.22. The van der Waals surface area contributed by atoms with Crippen molar-refractivity contribution in [1.82, 2.24) is 0 Å². The van der Waals surface area contributed by atoms with Crippen molar-refractivity contribution < 1.29 is 9.84 Å². The highest BCUT2D eigenvalue weighted by atomic mass is 16.5. The smallest absolute Gasteiger partial charge is 0.0625 e. The molecule has 1 N–H and O–H groups in total. The quantitative estimate of drug-likeness (QED) is 0.801. The third-order valence-corrected chi connectivity index (χ3v) is 2.99. The summed E-state index contributed by atoms with van der Waals surface area (Å²) >= 11 is 0. The molecule has 2 nitrogen and oxygen atoms in total. The fraction of sp³-hybridized carbons (Fsp3) is 0.571. The minimum absolute atomic E-state index is 0.0518. The van der Waals surface area contributed by atoms with Crippen LogP contribution in [0.3, 0.4) is 0 Å². The first-order chi connectivity index (χ1) is 7.57. The second-order valence-corrected chi connectivity index (χ2v) is 4.75. The van der Waals surface area contributed by atoms with Gasteiger partial charge < -0.3 is 9.84 Å². The number of methoxy groups -OCH3 is 1. The molecule has 0 atom stereocenters. The van der Waals surface area contributed by atoms with Crippen LogP contribution in [0.2, 0.25) is 0 Å². The maximum absolute atomic E-state index is 8.81. The van der Waals surface area contributed by atoms with E-state index < -0.39 is 0 Å². The van der Waals surface area contributed by atoms with Crippen LogP contribution in [0.15, 0.2) is 24.3 Å². The van der Waals surface area contributed by atoms with Crippen molar-refractivity contribution in [3.05, 3.63) is 35.4 Å². The molecule has 0 amide bonds. The molecule has 0 aliphatic rings. The molecule has 0 unspecified atom stereocenters. The van der Waals surface area contributed by atoms with Crippen molar-refractivity contribution in [1.29, 1.82) is 0 Å². The zero-order chi connectivity index (χ0) is 12.0. The molecule has 1 aromatic rings. The molecule has 1 rings (SSSR count). The first kappa shape index (κ1) is 13.2. The third-order valence-electron chi connectivity index (χ3n) is 2.99. The maximum atomic E-state index is 8.81. The second kappa shape index (κ2) is 6.02. The number of aliphatic hydroxyl groups is 1. The zero-order valence-electron chi connectivity index (χ0n) is 10.5. The van der Waals surface area contributed by atoms with Gasteiger partial charge in [-0.3, -0.25) is 0 Å². The summed E-state index contributed by atoms with van der Waals surface area (Å²) in [5.74, 6) is 0. The van der Waals surface area contributed by atoms with E-state index in [1.165, 1.54) is 11.1 Å². The van der Waals surface area contributed by atoms with Gasteiger partial charge in [0.1, 0.15) is 0 Å². The van der Waals surface area contributed by atoms with Gasteiger partial charge in [0.05, 0.1) is 5.60 Å². The number of ether oxygens (including phenoxy) is 1. The average Bonchev–Trinajstić information content (AvgIpc) is 2.29. The topological polar surface area (TPSA) is 29.5 Å². The van der Waals surface area contributed by atoms with Crippen molar-refractivity contribution in [3.8, 4) is 0 Å². The highest BCUT2D eigenvalue weighted by Gasteiger charge is 2.15. The molecule has 2 heteroatoms. The Hall–Kier alpha value is -0.860. The Bertz CT molecular complexity index is 301. The fourth-order valence-electron chi connectivity index (χ4n) is 1.55. The van der Waals surface area contributed by atoms with Gasteiger partial charge in [-0.25, -0.2) is 0 Å². The summed E-state index contributed by atoms with van der Waals surface area (Å²) < 4.78 is 5.39. The molecule has 0 aliphatic heterocycles. The van der Waals surface area contributed by atoms with Crippen LogP contribution in [-0.4, -0.2) is 24.4 Å². The first-order valence-corrected chi connectivity index (χ1v) is 5.81. The van der Waals surface area contributed by atoms with E-state index in [4.69, 9.17) is 9.84 Å². The Morgan fingerprint density at radius 2 is 1.56 bits per heavy atom. The number of aliphatic hydroxyl groups excluding tert-OH is 1. The summed E-state index contributed by atoms with van der Waals surface area (Å²) in [4.78, 5) is 0. The van der Waals surface area contributed by atoms with E-state index in [0.29, 0.717) is 0 Å². The van der Waals surface area contributed by atoms with Gasteiger partial charge in [0.15, 0.2) is 0 Å². The van der Waals surface area contributed by atoms with Crippen LogP contribution in [0.5, 0.6) is 0 Å². The average molecular weight is 222 g/mol. The largest absolute Gasteiger partial charge is 0.396 e. The number of benzene rings is 1. The van der Waals surface area contributed by atoms with Crippen LogP contribution in [0.4, 0.5) is 0 Å². The fourth-order valence-corrected chi connectivity index (χ4v) is 1.55. The van der Waals surface area contributed by atoms with Crippen LogP contribution < -0.4 is 0 Å². The SMILES string of the molecule is COC(C)(C)CCc1ccc(CCO)cc1. The molecule has 90 valence electrons. The van der Waals surface area contributed by atoms with E-state index in [2.05, 4.69) is 38.1 Å². The number of rotatable bonds is 6. The lowest BCUT2D eigenvalue weighted by molar-refractivity contribution is 0.0158. The number of hydrogen-bond donors (Lipinski definition) is 1. The van der Waals surface area contributed by atoms with E-state index in [9.17, 15) is 0 Å². The number of aryl methyl sites for hydroxylation is 1. The van der Waals surface area contributed by atoms with Crippen LogP contribution in [0, 0.1) is 0 Å². The summed E-state index contributed by atoms with van der Waals surface area (Å²) in [7, 11) is 1.75. The minimum atomic E-state index is -0.0518. The Morgan fingerprint density at radius 1 is 1.06 bits per heavy atom. The summed E-state index contributed by atoms with van der Waals surface area (Å²) in [6.07, 6.45) is 2.78. The molecule has 0 aromatic heterocycles. The van der Waals surface area contributed by atoms with Crippen molar-refractivity contribution in [2.24, 2.45) is 0 Å². The van der Waals surface area contributed by atoms with Crippen molar-refractivity contribution in [2.75, 3.05) is 13.7 Å². The Kier molecular flexibility index (Phi) is 4.97. The predicted octanol–water partition coefficient (Wildman–Crippen LogP) is 2.58. The van der Waals surface area contributed by atoms with E-state index in [1.807, 2.05) is 0 Å². The van der Waals surface area contributed by atoms with Gasteiger partial charge in [-0.05, 0) is 44.2 Å². The maximum Gasteiger partial charge on any atom is 0.0625 e. The van der Waals surface area contributed by atoms with E-state index in [1.54, 1.807) is 7.11 Å². The Balaban J connectivity index is 2.49. The highest BCUT2D eigenvalue weighted by Crippen LogP contribution is 2.17. The van der Waals surface area contributed by atoms with E-state index >= 15 is 0 Å². The molecule has 0 bridgehead atoms. The van der Waals surface area contributed by atoms with Gasteiger partial charge >= 0.3 is 0 Å². The highest BCUT2D eigenvalue weighted by molar-refractivity contribution is 5.22. The van der Waals surface area contributed by atoms with E-state index in [-0.39, 0.29) is 12.2 Å². The molecule has 0 radical (unpaired) electrons. The van der Waals surface area contributed by atoms with Crippen LogP contribution in [0.25, 0.3) is 0 Å². The molecule has 0 saturated heterocycles. The lowest BCUT2D eigenvalue weighted by Gasteiger charge is -2.22. The standard InChI is InChI=1S/C14H22O2/c1-14(2,16-3)10-8-12-4-6-13(7-5-12)9-11-15/h4-7,15H,8-11H2,1-3H3. The van der Waals surface area contributed by atoms with E-state index in [0.717, 1.165) is 19.3 Å².